The molecule has 0 spiro atoms. The SMILES string of the molecule is CCOC(=O)c1cc(=O)[nH]c2cccnc2c1=O. The second-order valence-electron chi connectivity index (χ2n) is 3.50. The first-order chi connectivity index (χ1) is 8.63. The van der Waals surface area contributed by atoms with Crippen molar-refractivity contribution in [1.82, 2.24) is 9.97 Å². The highest BCUT2D eigenvalue weighted by Gasteiger charge is 2.14. The molecule has 0 aromatic carbocycles. The van der Waals surface area contributed by atoms with Crippen molar-refractivity contribution in [1.29, 1.82) is 0 Å². The van der Waals surface area contributed by atoms with E-state index in [2.05, 4.69) is 9.97 Å². The van der Waals surface area contributed by atoms with Crippen LogP contribution < -0.4 is 11.0 Å². The normalized spacial score (nSPS) is 10.3. The number of rotatable bonds is 2. The number of esters is 1. The molecule has 0 aliphatic rings. The average molecular weight is 246 g/mol. The molecular weight excluding hydrogens is 236 g/mol. The molecule has 2 heterocycles. The maximum Gasteiger partial charge on any atom is 0.342 e. The summed E-state index contributed by atoms with van der Waals surface area (Å²) in [5, 5.41) is 0. The van der Waals surface area contributed by atoms with E-state index in [0.29, 0.717) is 0 Å². The summed E-state index contributed by atoms with van der Waals surface area (Å²) in [6, 6.07) is 4.06. The van der Waals surface area contributed by atoms with Gasteiger partial charge < -0.3 is 9.72 Å². The second-order valence-corrected chi connectivity index (χ2v) is 3.50. The second kappa shape index (κ2) is 4.79. The first-order valence-corrected chi connectivity index (χ1v) is 5.33. The molecule has 0 fully saturated rings. The molecule has 0 bridgehead atoms. The molecule has 0 unspecified atom stereocenters. The van der Waals surface area contributed by atoms with Crippen molar-refractivity contribution in [2.45, 2.75) is 6.92 Å². The largest absolute Gasteiger partial charge is 0.462 e. The Hall–Kier alpha value is -2.50. The van der Waals surface area contributed by atoms with Gasteiger partial charge in [-0.05, 0) is 19.1 Å². The van der Waals surface area contributed by atoms with E-state index in [-0.39, 0.29) is 23.2 Å². The van der Waals surface area contributed by atoms with Gasteiger partial charge in [-0.25, -0.2) is 4.79 Å². The minimum absolute atomic E-state index is 0.0302. The van der Waals surface area contributed by atoms with Crippen molar-refractivity contribution in [3.8, 4) is 0 Å². The van der Waals surface area contributed by atoms with Crippen LogP contribution in [0.1, 0.15) is 17.3 Å². The summed E-state index contributed by atoms with van der Waals surface area (Å²) in [6.07, 6.45) is 1.41. The monoisotopic (exact) mass is 246 g/mol. The fourth-order valence-electron chi connectivity index (χ4n) is 1.54. The van der Waals surface area contributed by atoms with Crippen molar-refractivity contribution >= 4 is 17.0 Å². The van der Waals surface area contributed by atoms with E-state index in [9.17, 15) is 14.4 Å². The Morgan fingerprint density at radius 2 is 2.22 bits per heavy atom. The Morgan fingerprint density at radius 3 is 2.94 bits per heavy atom. The van der Waals surface area contributed by atoms with Gasteiger partial charge in [-0.15, -0.1) is 0 Å². The van der Waals surface area contributed by atoms with Crippen LogP contribution in [-0.2, 0) is 4.74 Å². The first kappa shape index (κ1) is 12.0. The molecule has 6 nitrogen and oxygen atoms in total. The highest BCUT2D eigenvalue weighted by molar-refractivity contribution is 5.91. The molecule has 18 heavy (non-hydrogen) atoms. The van der Waals surface area contributed by atoms with Gasteiger partial charge in [0.2, 0.25) is 11.0 Å². The summed E-state index contributed by atoms with van der Waals surface area (Å²) in [5.74, 6) is -0.823. The van der Waals surface area contributed by atoms with Crippen LogP contribution in [-0.4, -0.2) is 22.5 Å². The van der Waals surface area contributed by atoms with Crippen LogP contribution in [0.5, 0.6) is 0 Å². The lowest BCUT2D eigenvalue weighted by Crippen LogP contribution is -2.17. The number of carbonyl (C=O) groups excluding carboxylic acids is 1. The van der Waals surface area contributed by atoms with Crippen molar-refractivity contribution in [3.05, 3.63) is 50.5 Å². The van der Waals surface area contributed by atoms with Gasteiger partial charge in [0.15, 0.2) is 0 Å². The number of nitrogens with one attached hydrogen (secondary N) is 1. The van der Waals surface area contributed by atoms with E-state index >= 15 is 0 Å². The molecular formula is C12H10N2O4. The van der Waals surface area contributed by atoms with E-state index in [1.165, 1.54) is 6.20 Å². The predicted molar refractivity (Wildman–Crippen MR) is 64.6 cm³/mol. The molecule has 92 valence electrons. The number of fused-ring (bicyclic) bond motifs is 1. The zero-order valence-corrected chi connectivity index (χ0v) is 9.60. The van der Waals surface area contributed by atoms with Gasteiger partial charge in [-0.3, -0.25) is 14.6 Å². The van der Waals surface area contributed by atoms with Crippen molar-refractivity contribution in [2.75, 3.05) is 6.61 Å². The van der Waals surface area contributed by atoms with Crippen LogP contribution in [0.3, 0.4) is 0 Å². The molecule has 1 N–H and O–H groups in total. The van der Waals surface area contributed by atoms with Gasteiger partial charge in [-0.2, -0.15) is 0 Å². The summed E-state index contributed by atoms with van der Waals surface area (Å²) in [6.45, 7) is 1.74. The van der Waals surface area contributed by atoms with Crippen molar-refractivity contribution < 1.29 is 9.53 Å². The van der Waals surface area contributed by atoms with Gasteiger partial charge in [-0.1, -0.05) is 0 Å². The third kappa shape index (κ3) is 2.13. The Balaban J connectivity index is 2.85. The number of aromatic nitrogens is 2. The van der Waals surface area contributed by atoms with Gasteiger partial charge in [0.25, 0.3) is 0 Å². The zero-order chi connectivity index (χ0) is 13.1. The Bertz CT molecular complexity index is 721. The molecule has 0 radical (unpaired) electrons. The van der Waals surface area contributed by atoms with Crippen LogP contribution >= 0.6 is 0 Å². The van der Waals surface area contributed by atoms with Gasteiger partial charge in [0.05, 0.1) is 12.1 Å². The summed E-state index contributed by atoms with van der Waals surface area (Å²) in [7, 11) is 0. The average Bonchev–Trinajstić information content (AvgIpc) is 2.47. The minimum Gasteiger partial charge on any atom is -0.462 e. The molecule has 0 saturated carbocycles. The molecule has 2 rings (SSSR count). The van der Waals surface area contributed by atoms with E-state index in [1.807, 2.05) is 0 Å². The first-order valence-electron chi connectivity index (χ1n) is 5.33. The lowest BCUT2D eigenvalue weighted by atomic mass is 10.2. The summed E-state index contributed by atoms with van der Waals surface area (Å²) in [5.41, 5.74) is -1.18. The number of hydrogen-bond acceptors (Lipinski definition) is 5. The highest BCUT2D eigenvalue weighted by atomic mass is 16.5. The highest BCUT2D eigenvalue weighted by Crippen LogP contribution is 2.01. The van der Waals surface area contributed by atoms with Crippen LogP contribution in [0.25, 0.3) is 11.0 Å². The third-order valence-electron chi connectivity index (χ3n) is 2.30. The molecule has 0 saturated heterocycles. The number of ether oxygens (including phenoxy) is 1. The predicted octanol–water partition coefficient (Wildman–Crippen LogP) is 0.460. The lowest BCUT2D eigenvalue weighted by Gasteiger charge is -1.97. The molecule has 0 atom stereocenters. The fourth-order valence-corrected chi connectivity index (χ4v) is 1.54. The summed E-state index contributed by atoms with van der Waals surface area (Å²) >= 11 is 0. The quantitative estimate of drug-likeness (QED) is 0.777. The molecule has 0 amide bonds. The standard InChI is InChI=1S/C12H10N2O4/c1-2-18-12(17)7-6-9(15)14-8-4-3-5-13-10(8)11(7)16/h3-6H,2H2,1H3,(H,14,15). The molecule has 2 aromatic rings. The van der Waals surface area contributed by atoms with Crippen LogP contribution in [0.2, 0.25) is 0 Å². The number of nitrogens with zero attached hydrogens (tertiary/aromatic N) is 1. The minimum atomic E-state index is -0.823. The Kier molecular flexibility index (Phi) is 3.18. The fraction of sp³-hybridized carbons (Fsp3) is 0.167. The van der Waals surface area contributed by atoms with E-state index < -0.39 is 17.0 Å². The maximum absolute atomic E-state index is 12.1. The van der Waals surface area contributed by atoms with E-state index in [1.54, 1.807) is 19.1 Å². The summed E-state index contributed by atoms with van der Waals surface area (Å²) < 4.78 is 4.73. The molecule has 0 aliphatic carbocycles. The van der Waals surface area contributed by atoms with Crippen LogP contribution in [0.15, 0.2) is 34.0 Å². The van der Waals surface area contributed by atoms with Gasteiger partial charge in [0, 0.05) is 12.3 Å². The lowest BCUT2D eigenvalue weighted by molar-refractivity contribution is 0.0525. The number of H-pyrrole nitrogens is 1. The summed E-state index contributed by atoms with van der Waals surface area (Å²) in [4.78, 5) is 41.6. The van der Waals surface area contributed by atoms with E-state index in [0.717, 1.165) is 6.07 Å². The third-order valence-corrected chi connectivity index (χ3v) is 2.30. The molecule has 2 aromatic heterocycles. The van der Waals surface area contributed by atoms with Crippen LogP contribution in [0, 0.1) is 0 Å². The number of carbonyl (C=O) groups is 1. The Labute approximate surface area is 101 Å². The van der Waals surface area contributed by atoms with Crippen molar-refractivity contribution in [3.63, 3.8) is 0 Å². The van der Waals surface area contributed by atoms with E-state index in [4.69, 9.17) is 4.74 Å². The molecule has 0 aliphatic heterocycles. The smallest absolute Gasteiger partial charge is 0.342 e. The van der Waals surface area contributed by atoms with Crippen molar-refractivity contribution in [2.24, 2.45) is 0 Å². The van der Waals surface area contributed by atoms with Crippen LogP contribution in [0.4, 0.5) is 0 Å². The zero-order valence-electron chi connectivity index (χ0n) is 9.60. The van der Waals surface area contributed by atoms with Gasteiger partial charge >= 0.3 is 5.97 Å². The number of pyridine rings is 1. The number of aromatic amines is 1. The molecule has 6 heteroatoms. The number of hydrogen-bond donors (Lipinski definition) is 1. The maximum atomic E-state index is 12.1. The van der Waals surface area contributed by atoms with Gasteiger partial charge in [0.1, 0.15) is 11.1 Å². The Morgan fingerprint density at radius 1 is 1.44 bits per heavy atom. The topological polar surface area (TPSA) is 89.1 Å².